The van der Waals surface area contributed by atoms with Crippen molar-refractivity contribution in [2.24, 2.45) is 11.7 Å². The highest BCUT2D eigenvalue weighted by atomic mass is 32.2. The molecule has 142 valence electrons. The Kier molecular flexibility index (Phi) is 7.22. The highest BCUT2D eigenvalue weighted by Gasteiger charge is 2.26. The quantitative estimate of drug-likeness (QED) is 0.606. The summed E-state index contributed by atoms with van der Waals surface area (Å²) in [5.41, 5.74) is 6.16. The third-order valence-electron chi connectivity index (χ3n) is 4.70. The molecule has 0 amide bonds. The molecule has 5 nitrogen and oxygen atoms in total. The number of hydrogen-bond acceptors (Lipinski definition) is 4. The summed E-state index contributed by atoms with van der Waals surface area (Å²) in [5, 5.41) is 0. The second kappa shape index (κ2) is 8.96. The first-order valence-electron chi connectivity index (χ1n) is 8.93. The van der Waals surface area contributed by atoms with Crippen molar-refractivity contribution >= 4 is 10.0 Å². The maximum absolute atomic E-state index is 13.9. The van der Waals surface area contributed by atoms with Gasteiger partial charge in [-0.2, -0.15) is 4.31 Å². The van der Waals surface area contributed by atoms with E-state index in [1.807, 2.05) is 0 Å². The van der Waals surface area contributed by atoms with Gasteiger partial charge in [0.1, 0.15) is 0 Å². The lowest BCUT2D eigenvalue weighted by molar-refractivity contribution is 0.284. The average molecular weight is 373 g/mol. The molecule has 1 aromatic rings. The number of nitrogens with two attached hydrogens (primary N) is 1. The van der Waals surface area contributed by atoms with E-state index in [-0.39, 0.29) is 17.5 Å². The SMILES string of the molecule is C[C@H](c1ccc(F)c(OCC2CC2)c1)N(C)S(=O)(=O)CCCCCN. The van der Waals surface area contributed by atoms with Crippen LogP contribution in [0.5, 0.6) is 5.75 Å². The summed E-state index contributed by atoms with van der Waals surface area (Å²) in [5.74, 6) is 0.408. The monoisotopic (exact) mass is 372 g/mol. The zero-order chi connectivity index (χ0) is 18.4. The predicted molar refractivity (Wildman–Crippen MR) is 97.5 cm³/mol. The molecule has 1 atom stereocenters. The molecule has 0 unspecified atom stereocenters. The molecule has 2 rings (SSSR count). The maximum atomic E-state index is 13.9. The standard InChI is InChI=1S/C18H29FN2O3S/c1-14(21(2)25(22,23)11-5-3-4-10-20)16-8-9-17(19)18(12-16)24-13-15-6-7-15/h8-9,12,14-15H,3-7,10-11,13,20H2,1-2H3/t14-/m1/s1. The molecule has 0 heterocycles. The molecule has 0 saturated heterocycles. The van der Waals surface area contributed by atoms with Crippen LogP contribution in [0.3, 0.4) is 0 Å². The Bertz CT molecular complexity index is 662. The van der Waals surface area contributed by atoms with Gasteiger partial charge >= 0.3 is 0 Å². The van der Waals surface area contributed by atoms with E-state index in [4.69, 9.17) is 10.5 Å². The zero-order valence-electron chi connectivity index (χ0n) is 15.1. The summed E-state index contributed by atoms with van der Waals surface area (Å²) >= 11 is 0. The van der Waals surface area contributed by atoms with Crippen LogP contribution in [0.2, 0.25) is 0 Å². The van der Waals surface area contributed by atoms with E-state index in [0.29, 0.717) is 25.5 Å². The molecule has 0 radical (unpaired) electrons. The Morgan fingerprint density at radius 1 is 1.32 bits per heavy atom. The maximum Gasteiger partial charge on any atom is 0.214 e. The minimum atomic E-state index is -3.37. The number of halogens is 1. The van der Waals surface area contributed by atoms with E-state index in [9.17, 15) is 12.8 Å². The molecule has 1 fully saturated rings. The van der Waals surface area contributed by atoms with Gasteiger partial charge in [0.05, 0.1) is 12.4 Å². The van der Waals surface area contributed by atoms with Gasteiger partial charge < -0.3 is 10.5 Å². The van der Waals surface area contributed by atoms with Gasteiger partial charge in [0.25, 0.3) is 0 Å². The fourth-order valence-electron chi connectivity index (χ4n) is 2.58. The molecule has 0 aromatic heterocycles. The lowest BCUT2D eigenvalue weighted by Crippen LogP contribution is -2.31. The van der Waals surface area contributed by atoms with Crippen molar-refractivity contribution in [3.05, 3.63) is 29.6 Å². The lowest BCUT2D eigenvalue weighted by atomic mass is 10.1. The van der Waals surface area contributed by atoms with Crippen LogP contribution in [0.4, 0.5) is 4.39 Å². The summed E-state index contributed by atoms with van der Waals surface area (Å²) in [6.45, 7) is 2.89. The molecule has 1 aliphatic carbocycles. The van der Waals surface area contributed by atoms with Crippen molar-refractivity contribution in [1.82, 2.24) is 4.31 Å². The number of rotatable bonds is 11. The average Bonchev–Trinajstić information content (AvgIpc) is 3.41. The van der Waals surface area contributed by atoms with Crippen molar-refractivity contribution in [3.8, 4) is 5.75 Å². The smallest absolute Gasteiger partial charge is 0.214 e. The van der Waals surface area contributed by atoms with Crippen LogP contribution in [0.15, 0.2) is 18.2 Å². The van der Waals surface area contributed by atoms with Crippen LogP contribution in [0.25, 0.3) is 0 Å². The molecular formula is C18H29FN2O3S. The molecule has 2 N–H and O–H groups in total. The molecule has 1 aromatic carbocycles. The topological polar surface area (TPSA) is 72.6 Å². The van der Waals surface area contributed by atoms with Gasteiger partial charge in [0.2, 0.25) is 10.0 Å². The van der Waals surface area contributed by atoms with Crippen molar-refractivity contribution < 1.29 is 17.5 Å². The highest BCUT2D eigenvalue weighted by molar-refractivity contribution is 7.89. The number of hydrogen-bond donors (Lipinski definition) is 1. The Balaban J connectivity index is 2.01. The summed E-state index contributed by atoms with van der Waals surface area (Å²) in [6, 6.07) is 4.19. The van der Waals surface area contributed by atoms with Crippen molar-refractivity contribution in [1.29, 1.82) is 0 Å². The number of ether oxygens (including phenoxy) is 1. The number of unbranched alkanes of at least 4 members (excludes halogenated alkanes) is 2. The molecular weight excluding hydrogens is 343 g/mol. The van der Waals surface area contributed by atoms with Gasteiger partial charge in [-0.15, -0.1) is 0 Å². The van der Waals surface area contributed by atoms with E-state index < -0.39 is 15.8 Å². The molecule has 1 saturated carbocycles. The molecule has 0 spiro atoms. The van der Waals surface area contributed by atoms with E-state index in [0.717, 1.165) is 31.2 Å². The largest absolute Gasteiger partial charge is 0.490 e. The summed E-state index contributed by atoms with van der Waals surface area (Å²) in [6.07, 6.45) is 4.48. The van der Waals surface area contributed by atoms with Gasteiger partial charge in [0, 0.05) is 13.1 Å². The van der Waals surface area contributed by atoms with E-state index >= 15 is 0 Å². The first kappa shape index (κ1) is 20.1. The van der Waals surface area contributed by atoms with Crippen LogP contribution < -0.4 is 10.5 Å². The van der Waals surface area contributed by atoms with Crippen LogP contribution in [-0.4, -0.2) is 38.7 Å². The number of benzene rings is 1. The molecule has 0 aliphatic heterocycles. The van der Waals surface area contributed by atoms with E-state index in [1.165, 1.54) is 10.4 Å². The fraction of sp³-hybridized carbons (Fsp3) is 0.667. The van der Waals surface area contributed by atoms with Gasteiger partial charge in [-0.3, -0.25) is 0 Å². The van der Waals surface area contributed by atoms with Crippen LogP contribution in [0.1, 0.15) is 50.6 Å². The number of nitrogens with zero attached hydrogens (tertiary/aromatic N) is 1. The van der Waals surface area contributed by atoms with Crippen molar-refractivity contribution in [3.63, 3.8) is 0 Å². The minimum absolute atomic E-state index is 0.0973. The van der Waals surface area contributed by atoms with Crippen molar-refractivity contribution in [2.45, 2.75) is 45.1 Å². The van der Waals surface area contributed by atoms with Crippen LogP contribution in [0, 0.1) is 11.7 Å². The predicted octanol–water partition coefficient (Wildman–Crippen LogP) is 3.07. The minimum Gasteiger partial charge on any atom is -0.490 e. The Morgan fingerprint density at radius 3 is 2.68 bits per heavy atom. The van der Waals surface area contributed by atoms with Crippen LogP contribution in [-0.2, 0) is 10.0 Å². The second-order valence-corrected chi connectivity index (χ2v) is 8.95. The fourth-order valence-corrected chi connectivity index (χ4v) is 4.04. The Morgan fingerprint density at radius 2 is 2.04 bits per heavy atom. The molecule has 0 bridgehead atoms. The van der Waals surface area contributed by atoms with Gasteiger partial charge in [0.15, 0.2) is 11.6 Å². The van der Waals surface area contributed by atoms with Crippen LogP contribution >= 0.6 is 0 Å². The van der Waals surface area contributed by atoms with Gasteiger partial charge in [-0.25, -0.2) is 12.8 Å². The molecule has 1 aliphatic rings. The summed E-state index contributed by atoms with van der Waals surface area (Å²) in [4.78, 5) is 0. The normalized spacial score (nSPS) is 16.2. The first-order valence-corrected chi connectivity index (χ1v) is 10.5. The summed E-state index contributed by atoms with van der Waals surface area (Å²) in [7, 11) is -1.80. The second-order valence-electron chi connectivity index (χ2n) is 6.80. The third kappa shape index (κ3) is 5.94. The van der Waals surface area contributed by atoms with Crippen molar-refractivity contribution in [2.75, 3.05) is 26.0 Å². The van der Waals surface area contributed by atoms with Gasteiger partial charge in [-0.05, 0) is 62.8 Å². The Hall–Kier alpha value is -1.18. The first-order chi connectivity index (χ1) is 11.8. The van der Waals surface area contributed by atoms with Gasteiger partial charge in [-0.1, -0.05) is 12.5 Å². The zero-order valence-corrected chi connectivity index (χ0v) is 15.9. The number of sulfonamides is 1. The molecule has 25 heavy (non-hydrogen) atoms. The Labute approximate surface area is 150 Å². The third-order valence-corrected chi connectivity index (χ3v) is 6.70. The lowest BCUT2D eigenvalue weighted by Gasteiger charge is -2.25. The summed E-state index contributed by atoms with van der Waals surface area (Å²) < 4.78 is 45.8. The highest BCUT2D eigenvalue weighted by Crippen LogP contribution is 2.32. The van der Waals surface area contributed by atoms with E-state index in [2.05, 4.69) is 0 Å². The molecule has 7 heteroatoms. The van der Waals surface area contributed by atoms with E-state index in [1.54, 1.807) is 26.1 Å².